The number of carbonyl (C=O) groups excluding carboxylic acids is 1. The van der Waals surface area contributed by atoms with E-state index in [1.165, 1.54) is 5.56 Å². The van der Waals surface area contributed by atoms with Crippen LogP contribution in [0, 0.1) is 6.92 Å². The molecular weight excluding hydrogens is 376 g/mol. The van der Waals surface area contributed by atoms with Gasteiger partial charge in [0.1, 0.15) is 11.6 Å². The summed E-state index contributed by atoms with van der Waals surface area (Å²) in [7, 11) is 0. The van der Waals surface area contributed by atoms with E-state index in [1.807, 2.05) is 11.0 Å². The van der Waals surface area contributed by atoms with Gasteiger partial charge in [0, 0.05) is 43.2 Å². The summed E-state index contributed by atoms with van der Waals surface area (Å²) in [6.07, 6.45) is 5.29. The Morgan fingerprint density at radius 2 is 1.97 bits per heavy atom. The van der Waals surface area contributed by atoms with Crippen LogP contribution in [-0.2, 0) is 17.6 Å². The second kappa shape index (κ2) is 9.67. The molecule has 3 heterocycles. The number of anilines is 1. The van der Waals surface area contributed by atoms with Gasteiger partial charge in [0.25, 0.3) is 0 Å². The number of nitrogens with zero attached hydrogens (tertiary/aromatic N) is 4. The summed E-state index contributed by atoms with van der Waals surface area (Å²) < 4.78 is 0. The average molecular weight is 409 g/mol. The minimum atomic E-state index is 0.171. The molecule has 0 radical (unpaired) electrons. The zero-order valence-electron chi connectivity index (χ0n) is 17.9. The lowest BCUT2D eigenvalue weighted by Gasteiger charge is -2.33. The average Bonchev–Trinajstić information content (AvgIpc) is 2.76. The molecule has 1 fully saturated rings. The van der Waals surface area contributed by atoms with Crippen molar-refractivity contribution in [3.8, 4) is 0 Å². The van der Waals surface area contributed by atoms with Crippen LogP contribution in [0.3, 0.4) is 0 Å². The number of benzene rings is 1. The van der Waals surface area contributed by atoms with E-state index in [2.05, 4.69) is 36.1 Å². The van der Waals surface area contributed by atoms with Crippen LogP contribution in [0.15, 0.2) is 30.3 Å². The van der Waals surface area contributed by atoms with Crippen LogP contribution < -0.4 is 4.90 Å². The van der Waals surface area contributed by atoms with Crippen molar-refractivity contribution in [3.05, 3.63) is 53.0 Å². The predicted molar refractivity (Wildman–Crippen MR) is 118 cm³/mol. The molecule has 1 aromatic heterocycles. The normalized spacial score (nSPS) is 19.7. The van der Waals surface area contributed by atoms with Crippen LogP contribution >= 0.6 is 0 Å². The van der Waals surface area contributed by atoms with Crippen LogP contribution in [0.4, 0.5) is 5.82 Å². The van der Waals surface area contributed by atoms with E-state index in [1.54, 1.807) is 0 Å². The van der Waals surface area contributed by atoms with Crippen molar-refractivity contribution in [1.29, 1.82) is 0 Å². The fraction of sp³-hybridized carbons (Fsp3) is 0.542. The van der Waals surface area contributed by atoms with Crippen molar-refractivity contribution >= 4 is 11.7 Å². The zero-order chi connectivity index (χ0) is 20.9. The molecule has 1 atom stereocenters. The number of amides is 1. The fourth-order valence-corrected chi connectivity index (χ4v) is 4.71. The van der Waals surface area contributed by atoms with Crippen LogP contribution in [0.5, 0.6) is 0 Å². The molecule has 1 unspecified atom stereocenters. The lowest BCUT2D eigenvalue weighted by Crippen LogP contribution is -2.39. The molecule has 1 saturated heterocycles. The van der Waals surface area contributed by atoms with Gasteiger partial charge in [0.2, 0.25) is 5.91 Å². The van der Waals surface area contributed by atoms with Crippen LogP contribution in [0.2, 0.25) is 0 Å². The highest BCUT2D eigenvalue weighted by atomic mass is 16.3. The third-order valence-electron chi connectivity index (χ3n) is 6.33. The third kappa shape index (κ3) is 4.71. The van der Waals surface area contributed by atoms with E-state index >= 15 is 0 Å². The number of aryl methyl sites for hydroxylation is 2. The van der Waals surface area contributed by atoms with Gasteiger partial charge in [-0.15, -0.1) is 0 Å². The molecule has 1 aromatic carbocycles. The van der Waals surface area contributed by atoms with Crippen LogP contribution in [-0.4, -0.2) is 58.7 Å². The van der Waals surface area contributed by atoms with Crippen molar-refractivity contribution in [2.45, 2.75) is 51.4 Å². The van der Waals surface area contributed by atoms with E-state index in [9.17, 15) is 9.90 Å². The Morgan fingerprint density at radius 1 is 1.13 bits per heavy atom. The molecule has 0 saturated carbocycles. The van der Waals surface area contributed by atoms with Gasteiger partial charge in [-0.2, -0.15) is 0 Å². The Hall–Kier alpha value is -2.31. The Morgan fingerprint density at radius 3 is 2.77 bits per heavy atom. The monoisotopic (exact) mass is 408 g/mol. The summed E-state index contributed by atoms with van der Waals surface area (Å²) >= 11 is 0. The van der Waals surface area contributed by atoms with Gasteiger partial charge in [-0.1, -0.05) is 30.3 Å². The molecule has 1 N–H and O–H groups in total. The SMILES string of the molecule is Cc1nc(C2CCCN(CCO)C2)nc2c1CCC(=O)N2CCCc1ccccc1. The van der Waals surface area contributed by atoms with E-state index in [0.717, 1.165) is 68.1 Å². The molecule has 6 nitrogen and oxygen atoms in total. The molecule has 2 aliphatic rings. The Balaban J connectivity index is 1.53. The van der Waals surface area contributed by atoms with E-state index in [4.69, 9.17) is 9.97 Å². The lowest BCUT2D eigenvalue weighted by atomic mass is 9.96. The molecular formula is C24H32N4O2. The van der Waals surface area contributed by atoms with Gasteiger partial charge < -0.3 is 10.0 Å². The maximum absolute atomic E-state index is 12.8. The highest BCUT2D eigenvalue weighted by Gasteiger charge is 2.30. The fourth-order valence-electron chi connectivity index (χ4n) is 4.71. The summed E-state index contributed by atoms with van der Waals surface area (Å²) in [6, 6.07) is 10.4. The number of hydrogen-bond donors (Lipinski definition) is 1. The largest absolute Gasteiger partial charge is 0.395 e. The van der Waals surface area contributed by atoms with Crippen molar-refractivity contribution in [2.75, 3.05) is 37.7 Å². The number of aromatic nitrogens is 2. The van der Waals surface area contributed by atoms with E-state index in [0.29, 0.717) is 19.5 Å². The first-order chi connectivity index (χ1) is 14.7. The maximum atomic E-state index is 12.8. The number of carbonyl (C=O) groups is 1. The number of aliphatic hydroxyl groups excluding tert-OH is 1. The topological polar surface area (TPSA) is 69.6 Å². The van der Waals surface area contributed by atoms with Gasteiger partial charge in [-0.3, -0.25) is 9.69 Å². The molecule has 1 amide bonds. The van der Waals surface area contributed by atoms with Crippen molar-refractivity contribution in [1.82, 2.24) is 14.9 Å². The minimum absolute atomic E-state index is 0.171. The molecule has 2 aliphatic heterocycles. The summed E-state index contributed by atoms with van der Waals surface area (Å²) in [5.41, 5.74) is 3.43. The van der Waals surface area contributed by atoms with Crippen molar-refractivity contribution < 1.29 is 9.90 Å². The highest BCUT2D eigenvalue weighted by Crippen LogP contribution is 2.32. The summed E-state index contributed by atoms with van der Waals surface area (Å²) in [4.78, 5) is 26.8. The van der Waals surface area contributed by atoms with Gasteiger partial charge in [-0.05, 0) is 51.1 Å². The first kappa shape index (κ1) is 20.9. The Kier molecular flexibility index (Phi) is 6.75. The summed E-state index contributed by atoms with van der Waals surface area (Å²) in [5, 5.41) is 9.29. The van der Waals surface area contributed by atoms with Crippen LogP contribution in [0.1, 0.15) is 54.2 Å². The number of aliphatic hydroxyl groups is 1. The number of hydrogen-bond acceptors (Lipinski definition) is 5. The molecule has 4 rings (SSSR count). The summed E-state index contributed by atoms with van der Waals surface area (Å²) in [5.74, 6) is 2.13. The Bertz CT molecular complexity index is 869. The first-order valence-corrected chi connectivity index (χ1v) is 11.2. The second-order valence-corrected chi connectivity index (χ2v) is 8.47. The molecule has 0 aliphatic carbocycles. The number of β-amino-alcohol motifs (C(OH)–C–C–N with tert-alkyl or cyclic N) is 1. The van der Waals surface area contributed by atoms with Gasteiger partial charge in [-0.25, -0.2) is 9.97 Å². The molecule has 0 bridgehead atoms. The number of fused-ring (bicyclic) bond motifs is 1. The zero-order valence-corrected chi connectivity index (χ0v) is 17.9. The van der Waals surface area contributed by atoms with E-state index in [-0.39, 0.29) is 18.4 Å². The number of rotatable bonds is 7. The Labute approximate surface area is 179 Å². The van der Waals surface area contributed by atoms with Crippen molar-refractivity contribution in [2.24, 2.45) is 0 Å². The van der Waals surface area contributed by atoms with E-state index < -0.39 is 0 Å². The highest BCUT2D eigenvalue weighted by molar-refractivity contribution is 5.95. The summed E-state index contributed by atoms with van der Waals surface area (Å²) in [6.45, 7) is 5.52. The number of piperidine rings is 1. The molecule has 2 aromatic rings. The molecule has 0 spiro atoms. The first-order valence-electron chi connectivity index (χ1n) is 11.2. The molecule has 6 heteroatoms. The molecule has 30 heavy (non-hydrogen) atoms. The second-order valence-electron chi connectivity index (χ2n) is 8.47. The maximum Gasteiger partial charge on any atom is 0.228 e. The van der Waals surface area contributed by atoms with Gasteiger partial charge in [0.15, 0.2) is 0 Å². The van der Waals surface area contributed by atoms with Gasteiger partial charge in [0.05, 0.1) is 6.61 Å². The minimum Gasteiger partial charge on any atom is -0.395 e. The molecule has 160 valence electrons. The third-order valence-corrected chi connectivity index (χ3v) is 6.33. The predicted octanol–water partition coefficient (Wildman–Crippen LogP) is 2.87. The smallest absolute Gasteiger partial charge is 0.228 e. The number of likely N-dealkylation sites (tertiary alicyclic amines) is 1. The van der Waals surface area contributed by atoms with Crippen molar-refractivity contribution in [3.63, 3.8) is 0 Å². The quantitative estimate of drug-likeness (QED) is 0.763. The lowest BCUT2D eigenvalue weighted by molar-refractivity contribution is -0.119. The van der Waals surface area contributed by atoms with Gasteiger partial charge >= 0.3 is 0 Å². The van der Waals surface area contributed by atoms with Crippen LogP contribution in [0.25, 0.3) is 0 Å². The standard InChI is InChI=1S/C24H32N4O2/c1-18-21-11-12-22(30)28(14-5-9-19-7-3-2-4-8-19)24(21)26-23(25-18)20-10-6-13-27(17-20)15-16-29/h2-4,7-8,20,29H,5-6,9-17H2,1H3.